The van der Waals surface area contributed by atoms with E-state index in [1.54, 1.807) is 29.2 Å². The van der Waals surface area contributed by atoms with Gasteiger partial charge in [-0.05, 0) is 43.3 Å². The Labute approximate surface area is 195 Å². The second-order valence-corrected chi connectivity index (χ2v) is 8.41. The molecule has 1 aliphatic heterocycles. The highest BCUT2D eigenvalue weighted by Gasteiger charge is 2.23. The van der Waals surface area contributed by atoms with Gasteiger partial charge in [0.2, 0.25) is 0 Å². The van der Waals surface area contributed by atoms with E-state index in [1.807, 2.05) is 49.4 Å². The molecule has 3 aromatic rings. The molecule has 0 unspecified atom stereocenters. The average molecular weight is 495 g/mol. The zero-order valence-electron chi connectivity index (χ0n) is 17.6. The molecule has 4 rings (SSSR count). The summed E-state index contributed by atoms with van der Waals surface area (Å²) in [5.41, 5.74) is 2.61. The Hall–Kier alpha value is -3.16. The van der Waals surface area contributed by atoms with E-state index in [-0.39, 0.29) is 17.5 Å². The molecule has 1 aliphatic rings. The van der Waals surface area contributed by atoms with Gasteiger partial charge in [0.25, 0.3) is 11.8 Å². The van der Waals surface area contributed by atoms with Gasteiger partial charge in [-0.1, -0.05) is 45.8 Å². The number of halogens is 1. The number of carbonyl (C=O) groups excluding carboxylic acids is 2. The van der Waals surface area contributed by atoms with Crippen LogP contribution in [0.15, 0.2) is 75.3 Å². The summed E-state index contributed by atoms with van der Waals surface area (Å²) in [5.74, 6) is 0.531. The number of hydrogen-bond acceptors (Lipinski definition) is 4. The molecule has 1 saturated heterocycles. The third-order valence-electron chi connectivity index (χ3n) is 5.13. The number of nitrogens with zero attached hydrogens (tertiary/aromatic N) is 1. The second kappa shape index (κ2) is 9.97. The van der Waals surface area contributed by atoms with E-state index in [0.717, 1.165) is 15.6 Å². The van der Waals surface area contributed by atoms with Gasteiger partial charge in [-0.15, -0.1) is 0 Å². The third kappa shape index (κ3) is 5.36. The van der Waals surface area contributed by atoms with Crippen LogP contribution in [-0.2, 0) is 9.53 Å². The molecule has 0 atom stereocenters. The van der Waals surface area contributed by atoms with Crippen LogP contribution in [0.1, 0.15) is 21.7 Å². The Morgan fingerprint density at radius 2 is 1.66 bits per heavy atom. The number of hydrogen-bond donors (Lipinski definition) is 1. The van der Waals surface area contributed by atoms with Gasteiger partial charge in [-0.3, -0.25) is 9.59 Å². The Morgan fingerprint density at radius 3 is 2.34 bits per heavy atom. The zero-order chi connectivity index (χ0) is 22.5. The van der Waals surface area contributed by atoms with Gasteiger partial charge < -0.3 is 19.4 Å². The van der Waals surface area contributed by atoms with E-state index >= 15 is 0 Å². The van der Waals surface area contributed by atoms with Crippen molar-refractivity contribution in [2.75, 3.05) is 26.3 Å². The predicted octanol–water partition coefficient (Wildman–Crippen LogP) is 4.65. The van der Waals surface area contributed by atoms with Crippen molar-refractivity contribution < 1.29 is 18.7 Å². The Morgan fingerprint density at radius 1 is 0.969 bits per heavy atom. The molecule has 1 N–H and O–H groups in total. The fourth-order valence-corrected chi connectivity index (χ4v) is 3.59. The zero-order valence-corrected chi connectivity index (χ0v) is 19.2. The summed E-state index contributed by atoms with van der Waals surface area (Å²) >= 11 is 3.42. The first kappa shape index (κ1) is 22.0. The summed E-state index contributed by atoms with van der Waals surface area (Å²) in [6.45, 7) is 3.84. The molecule has 164 valence electrons. The van der Waals surface area contributed by atoms with Gasteiger partial charge in [-0.25, -0.2) is 0 Å². The number of furan rings is 1. The number of carbonyl (C=O) groups is 2. The topological polar surface area (TPSA) is 71.8 Å². The van der Waals surface area contributed by atoms with E-state index in [4.69, 9.17) is 9.15 Å². The molecule has 1 fully saturated rings. The van der Waals surface area contributed by atoms with Crippen LogP contribution in [0.25, 0.3) is 17.4 Å². The number of nitrogens with one attached hydrogen (secondary N) is 1. The standard InChI is InChI=1S/C25H23BrN2O4/c1-17-2-4-19(5-3-17)24(29)27-22(25(30)28-12-14-31-15-13-28)16-21-10-11-23(32-21)18-6-8-20(26)9-7-18/h2-11,16H,12-15H2,1H3,(H,27,29). The second-order valence-electron chi connectivity index (χ2n) is 7.49. The number of ether oxygens (including phenoxy) is 1. The van der Waals surface area contributed by atoms with Crippen molar-refractivity contribution in [3.63, 3.8) is 0 Å². The molecule has 2 aromatic carbocycles. The van der Waals surface area contributed by atoms with Crippen LogP contribution in [0.3, 0.4) is 0 Å². The first-order chi connectivity index (χ1) is 15.5. The van der Waals surface area contributed by atoms with Crippen molar-refractivity contribution in [2.24, 2.45) is 0 Å². The van der Waals surface area contributed by atoms with Gasteiger partial charge in [0.1, 0.15) is 17.2 Å². The summed E-state index contributed by atoms with van der Waals surface area (Å²) in [5, 5.41) is 2.78. The van der Waals surface area contributed by atoms with Gasteiger partial charge in [0.05, 0.1) is 13.2 Å². The lowest BCUT2D eigenvalue weighted by Gasteiger charge is -2.27. The van der Waals surface area contributed by atoms with E-state index < -0.39 is 0 Å². The highest BCUT2D eigenvalue weighted by molar-refractivity contribution is 9.10. The summed E-state index contributed by atoms with van der Waals surface area (Å²) in [7, 11) is 0. The molecule has 0 aliphatic carbocycles. The van der Waals surface area contributed by atoms with Crippen molar-refractivity contribution in [3.05, 3.63) is 87.7 Å². The van der Waals surface area contributed by atoms with Crippen molar-refractivity contribution in [1.29, 1.82) is 0 Å². The van der Waals surface area contributed by atoms with Crippen molar-refractivity contribution in [2.45, 2.75) is 6.92 Å². The van der Waals surface area contributed by atoms with Crippen LogP contribution in [0.2, 0.25) is 0 Å². The lowest BCUT2D eigenvalue weighted by Crippen LogP contribution is -2.44. The third-order valence-corrected chi connectivity index (χ3v) is 5.66. The minimum Gasteiger partial charge on any atom is -0.457 e. The minimum atomic E-state index is -0.349. The molecule has 0 bridgehead atoms. The molecule has 0 spiro atoms. The van der Waals surface area contributed by atoms with Crippen LogP contribution in [0.4, 0.5) is 0 Å². The maximum Gasteiger partial charge on any atom is 0.270 e. The van der Waals surface area contributed by atoms with E-state index in [0.29, 0.717) is 43.4 Å². The number of aryl methyl sites for hydroxylation is 1. The number of morpholine rings is 1. The van der Waals surface area contributed by atoms with Gasteiger partial charge >= 0.3 is 0 Å². The van der Waals surface area contributed by atoms with Crippen LogP contribution in [-0.4, -0.2) is 43.0 Å². The maximum absolute atomic E-state index is 13.2. The fourth-order valence-electron chi connectivity index (χ4n) is 3.33. The lowest BCUT2D eigenvalue weighted by molar-refractivity contribution is -0.131. The van der Waals surface area contributed by atoms with Crippen molar-refractivity contribution in [1.82, 2.24) is 10.2 Å². The summed E-state index contributed by atoms with van der Waals surface area (Å²) in [6, 6.07) is 18.6. The monoisotopic (exact) mass is 494 g/mol. The summed E-state index contributed by atoms with van der Waals surface area (Å²) < 4.78 is 12.3. The molecule has 2 amide bonds. The lowest BCUT2D eigenvalue weighted by atomic mass is 10.1. The van der Waals surface area contributed by atoms with Crippen LogP contribution >= 0.6 is 15.9 Å². The largest absolute Gasteiger partial charge is 0.457 e. The van der Waals surface area contributed by atoms with Crippen LogP contribution in [0, 0.1) is 6.92 Å². The van der Waals surface area contributed by atoms with Gasteiger partial charge in [-0.2, -0.15) is 0 Å². The number of rotatable bonds is 5. The fraction of sp³-hybridized carbons (Fsp3) is 0.200. The highest BCUT2D eigenvalue weighted by atomic mass is 79.9. The Balaban J connectivity index is 1.61. The molecule has 7 heteroatoms. The van der Waals surface area contributed by atoms with Crippen molar-refractivity contribution in [3.8, 4) is 11.3 Å². The SMILES string of the molecule is Cc1ccc(C(=O)NC(=Cc2ccc(-c3ccc(Br)cc3)o2)C(=O)N2CCOCC2)cc1. The minimum absolute atomic E-state index is 0.161. The Kier molecular flexibility index (Phi) is 6.87. The molecule has 0 saturated carbocycles. The predicted molar refractivity (Wildman–Crippen MR) is 126 cm³/mol. The van der Waals surface area contributed by atoms with E-state index in [1.165, 1.54) is 0 Å². The number of benzene rings is 2. The molecule has 2 heterocycles. The molecule has 32 heavy (non-hydrogen) atoms. The van der Waals surface area contributed by atoms with Gasteiger partial charge in [0.15, 0.2) is 0 Å². The van der Waals surface area contributed by atoms with Crippen LogP contribution < -0.4 is 5.32 Å². The van der Waals surface area contributed by atoms with E-state index in [9.17, 15) is 9.59 Å². The Bertz CT molecular complexity index is 1130. The maximum atomic E-state index is 13.2. The van der Waals surface area contributed by atoms with E-state index in [2.05, 4.69) is 21.2 Å². The number of amides is 2. The van der Waals surface area contributed by atoms with Crippen molar-refractivity contribution >= 4 is 33.8 Å². The highest BCUT2D eigenvalue weighted by Crippen LogP contribution is 2.25. The molecule has 6 nitrogen and oxygen atoms in total. The quantitative estimate of drug-likeness (QED) is 0.524. The first-order valence-corrected chi connectivity index (χ1v) is 11.1. The summed E-state index contributed by atoms with van der Waals surface area (Å²) in [6.07, 6.45) is 1.58. The molecular weight excluding hydrogens is 472 g/mol. The molecule has 0 radical (unpaired) electrons. The summed E-state index contributed by atoms with van der Waals surface area (Å²) in [4.78, 5) is 27.7. The molecular formula is C25H23BrN2O4. The first-order valence-electron chi connectivity index (χ1n) is 10.3. The molecule has 1 aromatic heterocycles. The normalized spacial score (nSPS) is 14.3. The average Bonchev–Trinajstić information content (AvgIpc) is 3.28. The van der Waals surface area contributed by atoms with Gasteiger partial charge in [0, 0.05) is 34.8 Å². The van der Waals surface area contributed by atoms with Crippen LogP contribution in [0.5, 0.6) is 0 Å². The smallest absolute Gasteiger partial charge is 0.270 e.